The van der Waals surface area contributed by atoms with Gasteiger partial charge in [-0.15, -0.1) is 0 Å². The number of guanidine groups is 1. The summed E-state index contributed by atoms with van der Waals surface area (Å²) in [6.45, 7) is 10.6. The number of sulfone groups is 1. The fraction of sp³-hybridized carbons (Fsp3) is 0.650. The predicted octanol–water partition coefficient (Wildman–Crippen LogP) is 2.33. The fourth-order valence-electron chi connectivity index (χ4n) is 3.66. The SMILES string of the molecule is CCNC(=NCc1ccc(S(C)(=O)=O)c(C)c1)NCC1CCCCN1CC. The van der Waals surface area contributed by atoms with Gasteiger partial charge in [-0.05, 0) is 57.0 Å². The van der Waals surface area contributed by atoms with Gasteiger partial charge in [-0.3, -0.25) is 4.90 Å². The second-order valence-electron chi connectivity index (χ2n) is 7.23. The normalized spacial score (nSPS) is 19.1. The first-order chi connectivity index (χ1) is 12.8. The number of nitrogens with one attached hydrogen (secondary N) is 2. The van der Waals surface area contributed by atoms with Crippen LogP contribution in [0.5, 0.6) is 0 Å². The first kappa shape index (κ1) is 21.7. The maximum absolute atomic E-state index is 11.8. The molecule has 2 N–H and O–H groups in total. The topological polar surface area (TPSA) is 73.8 Å². The van der Waals surface area contributed by atoms with Gasteiger partial charge >= 0.3 is 0 Å². The third-order valence-corrected chi connectivity index (χ3v) is 6.32. The van der Waals surface area contributed by atoms with E-state index in [4.69, 9.17) is 0 Å². The van der Waals surface area contributed by atoms with E-state index in [1.165, 1.54) is 32.1 Å². The van der Waals surface area contributed by atoms with Crippen LogP contribution in [0.2, 0.25) is 0 Å². The Bertz CT molecular complexity index is 746. The van der Waals surface area contributed by atoms with E-state index in [0.717, 1.165) is 36.7 Å². The average molecular weight is 395 g/mol. The summed E-state index contributed by atoms with van der Waals surface area (Å²) in [5.41, 5.74) is 1.77. The van der Waals surface area contributed by atoms with Gasteiger partial charge in [0, 0.05) is 25.4 Å². The highest BCUT2D eigenvalue weighted by Gasteiger charge is 2.20. The molecular weight excluding hydrogens is 360 g/mol. The lowest BCUT2D eigenvalue weighted by atomic mass is 10.0. The van der Waals surface area contributed by atoms with Gasteiger partial charge < -0.3 is 10.6 Å². The molecule has 27 heavy (non-hydrogen) atoms. The van der Waals surface area contributed by atoms with Crippen LogP contribution in [0.15, 0.2) is 28.1 Å². The minimum atomic E-state index is -3.18. The smallest absolute Gasteiger partial charge is 0.191 e. The molecule has 1 aromatic carbocycles. The van der Waals surface area contributed by atoms with Gasteiger partial charge in [0.15, 0.2) is 15.8 Å². The Kier molecular flexibility index (Phi) is 8.10. The van der Waals surface area contributed by atoms with Crippen LogP contribution >= 0.6 is 0 Å². The lowest BCUT2D eigenvalue weighted by molar-refractivity contribution is 0.157. The number of benzene rings is 1. The van der Waals surface area contributed by atoms with Crippen molar-refractivity contribution in [2.45, 2.75) is 57.5 Å². The number of piperidine rings is 1. The molecule has 1 saturated heterocycles. The Morgan fingerprint density at radius 2 is 2.04 bits per heavy atom. The number of aliphatic imine (C=N–C) groups is 1. The molecule has 0 amide bonds. The molecule has 2 rings (SSSR count). The third-order valence-electron chi connectivity index (χ3n) is 5.06. The third kappa shape index (κ3) is 6.50. The van der Waals surface area contributed by atoms with E-state index in [-0.39, 0.29) is 0 Å². The number of likely N-dealkylation sites (tertiary alicyclic amines) is 1. The van der Waals surface area contributed by atoms with Gasteiger partial charge in [-0.25, -0.2) is 13.4 Å². The molecule has 0 saturated carbocycles. The van der Waals surface area contributed by atoms with Crippen LogP contribution in [0.1, 0.15) is 44.2 Å². The number of aryl methyl sites for hydroxylation is 1. The van der Waals surface area contributed by atoms with Crippen LogP contribution in [0, 0.1) is 6.92 Å². The van der Waals surface area contributed by atoms with Gasteiger partial charge in [0.2, 0.25) is 0 Å². The summed E-state index contributed by atoms with van der Waals surface area (Å²) in [4.78, 5) is 7.60. The van der Waals surface area contributed by atoms with E-state index < -0.39 is 9.84 Å². The van der Waals surface area contributed by atoms with Crippen LogP contribution < -0.4 is 10.6 Å². The Morgan fingerprint density at radius 3 is 2.67 bits per heavy atom. The second kappa shape index (κ2) is 10.1. The molecular formula is C20H34N4O2S. The zero-order valence-corrected chi connectivity index (χ0v) is 17.9. The van der Waals surface area contributed by atoms with Gasteiger partial charge in [-0.2, -0.15) is 0 Å². The van der Waals surface area contributed by atoms with Gasteiger partial charge in [-0.1, -0.05) is 25.5 Å². The molecule has 0 bridgehead atoms. The van der Waals surface area contributed by atoms with E-state index in [2.05, 4.69) is 34.4 Å². The van der Waals surface area contributed by atoms with E-state index in [0.29, 0.717) is 17.5 Å². The van der Waals surface area contributed by atoms with Crippen LogP contribution in [0.3, 0.4) is 0 Å². The minimum absolute atomic E-state index is 0.386. The summed E-state index contributed by atoms with van der Waals surface area (Å²) in [5, 5.41) is 6.78. The summed E-state index contributed by atoms with van der Waals surface area (Å²) in [6.07, 6.45) is 5.06. The molecule has 7 heteroatoms. The van der Waals surface area contributed by atoms with Crippen molar-refractivity contribution in [1.82, 2.24) is 15.5 Å². The molecule has 1 unspecified atom stereocenters. The summed E-state index contributed by atoms with van der Waals surface area (Å²) in [7, 11) is -3.18. The van der Waals surface area contributed by atoms with Crippen molar-refractivity contribution < 1.29 is 8.42 Å². The van der Waals surface area contributed by atoms with Crippen molar-refractivity contribution in [2.75, 3.05) is 32.4 Å². The molecule has 1 aliphatic rings. The molecule has 1 atom stereocenters. The average Bonchev–Trinajstić information content (AvgIpc) is 2.63. The minimum Gasteiger partial charge on any atom is -0.357 e. The summed E-state index contributed by atoms with van der Waals surface area (Å²) in [5.74, 6) is 0.809. The summed E-state index contributed by atoms with van der Waals surface area (Å²) >= 11 is 0. The van der Waals surface area contributed by atoms with E-state index in [9.17, 15) is 8.42 Å². The van der Waals surface area contributed by atoms with Crippen molar-refractivity contribution in [3.8, 4) is 0 Å². The van der Waals surface area contributed by atoms with Crippen LogP contribution in [-0.4, -0.2) is 57.8 Å². The summed E-state index contributed by atoms with van der Waals surface area (Å²) in [6, 6.07) is 5.99. The Labute approximate surface area is 164 Å². The standard InChI is InChI=1S/C20H34N4O2S/c1-5-21-20(23-15-18-9-7-8-12-24(18)6-2)22-14-17-10-11-19(16(3)13-17)27(4,25)26/h10-11,13,18H,5-9,12,14-15H2,1-4H3,(H2,21,22,23). The lowest BCUT2D eigenvalue weighted by Crippen LogP contribution is -2.49. The first-order valence-corrected chi connectivity index (χ1v) is 11.8. The quantitative estimate of drug-likeness (QED) is 0.548. The molecule has 0 aliphatic carbocycles. The first-order valence-electron chi connectivity index (χ1n) is 9.91. The Morgan fingerprint density at radius 1 is 1.26 bits per heavy atom. The number of rotatable bonds is 7. The number of hydrogen-bond donors (Lipinski definition) is 2. The molecule has 0 radical (unpaired) electrons. The highest BCUT2D eigenvalue weighted by Crippen LogP contribution is 2.17. The molecule has 0 aromatic heterocycles. The van der Waals surface area contributed by atoms with Gasteiger partial charge in [0.05, 0.1) is 11.4 Å². The van der Waals surface area contributed by atoms with Crippen LogP contribution in [0.25, 0.3) is 0 Å². The lowest BCUT2D eigenvalue weighted by Gasteiger charge is -2.35. The molecule has 1 heterocycles. The maximum Gasteiger partial charge on any atom is 0.191 e. The van der Waals surface area contributed by atoms with Crippen molar-refractivity contribution >= 4 is 15.8 Å². The predicted molar refractivity (Wildman–Crippen MR) is 112 cm³/mol. The van der Waals surface area contributed by atoms with E-state index in [1.807, 2.05) is 19.1 Å². The van der Waals surface area contributed by atoms with E-state index >= 15 is 0 Å². The molecule has 0 spiro atoms. The van der Waals surface area contributed by atoms with Crippen LogP contribution in [0.4, 0.5) is 0 Å². The number of hydrogen-bond acceptors (Lipinski definition) is 4. The molecule has 1 aliphatic heterocycles. The van der Waals surface area contributed by atoms with Gasteiger partial charge in [0.1, 0.15) is 0 Å². The number of likely N-dealkylation sites (N-methyl/N-ethyl adjacent to an activating group) is 1. The molecule has 1 aromatic rings. The zero-order valence-electron chi connectivity index (χ0n) is 17.1. The monoisotopic (exact) mass is 394 g/mol. The Hall–Kier alpha value is -1.60. The number of nitrogens with zero attached hydrogens (tertiary/aromatic N) is 2. The fourth-order valence-corrected chi connectivity index (χ4v) is 4.62. The van der Waals surface area contributed by atoms with Crippen molar-refractivity contribution in [3.05, 3.63) is 29.3 Å². The highest BCUT2D eigenvalue weighted by molar-refractivity contribution is 7.90. The maximum atomic E-state index is 11.8. The highest BCUT2D eigenvalue weighted by atomic mass is 32.2. The Balaban J connectivity index is 2.01. The van der Waals surface area contributed by atoms with Crippen molar-refractivity contribution in [2.24, 2.45) is 4.99 Å². The van der Waals surface area contributed by atoms with Crippen LogP contribution in [-0.2, 0) is 16.4 Å². The zero-order chi connectivity index (χ0) is 19.9. The molecule has 152 valence electrons. The second-order valence-corrected chi connectivity index (χ2v) is 9.21. The van der Waals surface area contributed by atoms with Crippen molar-refractivity contribution in [3.63, 3.8) is 0 Å². The molecule has 1 fully saturated rings. The largest absolute Gasteiger partial charge is 0.357 e. The van der Waals surface area contributed by atoms with Gasteiger partial charge in [0.25, 0.3) is 0 Å². The summed E-state index contributed by atoms with van der Waals surface area (Å²) < 4.78 is 23.5. The van der Waals surface area contributed by atoms with Crippen molar-refractivity contribution in [1.29, 1.82) is 0 Å². The molecule has 6 nitrogen and oxygen atoms in total. The van der Waals surface area contributed by atoms with E-state index in [1.54, 1.807) is 6.07 Å².